The van der Waals surface area contributed by atoms with E-state index in [1.54, 1.807) is 6.07 Å². The topological polar surface area (TPSA) is 41.1 Å². The number of halogens is 1. The fraction of sp³-hybridized carbons (Fsp3) is 0. The number of carbonyl (C=O) groups is 1. The summed E-state index contributed by atoms with van der Waals surface area (Å²) in [4.78, 5) is 12.6. The third kappa shape index (κ3) is 3.99. The Bertz CT molecular complexity index is 818. The molecule has 2 N–H and O–H groups in total. The number of carbonyl (C=O) groups excluding carboxylic acids is 1. The summed E-state index contributed by atoms with van der Waals surface area (Å²) >= 11 is 3.40. The molecule has 0 aliphatic rings. The average molecular weight is 367 g/mol. The van der Waals surface area contributed by atoms with Gasteiger partial charge in [0.05, 0.1) is 11.3 Å². The van der Waals surface area contributed by atoms with Crippen LogP contribution in [0.4, 0.5) is 17.1 Å². The molecule has 0 fully saturated rings. The van der Waals surface area contributed by atoms with Crippen LogP contribution in [0.1, 0.15) is 10.4 Å². The van der Waals surface area contributed by atoms with Gasteiger partial charge >= 0.3 is 0 Å². The molecule has 0 aliphatic carbocycles. The molecule has 0 radical (unpaired) electrons. The van der Waals surface area contributed by atoms with Crippen LogP contribution in [0.3, 0.4) is 0 Å². The first-order valence-corrected chi connectivity index (χ1v) is 8.00. The summed E-state index contributed by atoms with van der Waals surface area (Å²) < 4.78 is 0.922. The zero-order valence-electron chi connectivity index (χ0n) is 12.3. The van der Waals surface area contributed by atoms with Gasteiger partial charge in [0.1, 0.15) is 0 Å². The largest absolute Gasteiger partial charge is 0.355 e. The quantitative estimate of drug-likeness (QED) is 0.644. The number of anilines is 3. The standard InChI is InChI=1S/C19H15BrN2O/c20-14-7-6-10-16(13-14)22-19(23)17-11-4-5-12-18(17)21-15-8-2-1-3-9-15/h1-13,21H,(H,22,23). The number of amides is 1. The Hall–Kier alpha value is -2.59. The predicted molar refractivity (Wildman–Crippen MR) is 98.3 cm³/mol. The monoisotopic (exact) mass is 366 g/mol. The Balaban J connectivity index is 1.83. The summed E-state index contributed by atoms with van der Waals surface area (Å²) in [6, 6.07) is 24.8. The number of hydrogen-bond acceptors (Lipinski definition) is 2. The van der Waals surface area contributed by atoms with Gasteiger partial charge in [-0.05, 0) is 42.5 Å². The summed E-state index contributed by atoms with van der Waals surface area (Å²) in [5.74, 6) is -0.151. The number of benzene rings is 3. The van der Waals surface area contributed by atoms with Gasteiger partial charge in [-0.25, -0.2) is 0 Å². The third-order valence-electron chi connectivity index (χ3n) is 3.31. The Morgan fingerprint density at radius 3 is 2.26 bits per heavy atom. The smallest absolute Gasteiger partial charge is 0.257 e. The van der Waals surface area contributed by atoms with E-state index in [1.165, 1.54) is 0 Å². The van der Waals surface area contributed by atoms with E-state index >= 15 is 0 Å². The Morgan fingerprint density at radius 2 is 1.48 bits per heavy atom. The zero-order chi connectivity index (χ0) is 16.1. The Kier molecular flexibility index (Phi) is 4.74. The van der Waals surface area contributed by atoms with Crippen LogP contribution in [0, 0.1) is 0 Å². The Morgan fingerprint density at radius 1 is 0.783 bits per heavy atom. The number of para-hydroxylation sites is 2. The molecule has 3 rings (SSSR count). The van der Waals surface area contributed by atoms with Gasteiger partial charge in [-0.1, -0.05) is 52.3 Å². The molecular weight excluding hydrogens is 352 g/mol. The van der Waals surface area contributed by atoms with E-state index in [2.05, 4.69) is 26.6 Å². The molecule has 0 heterocycles. The number of rotatable bonds is 4. The van der Waals surface area contributed by atoms with Crippen molar-refractivity contribution >= 4 is 38.9 Å². The van der Waals surface area contributed by atoms with E-state index in [0.29, 0.717) is 5.56 Å². The van der Waals surface area contributed by atoms with Gasteiger partial charge in [-0.15, -0.1) is 0 Å². The van der Waals surface area contributed by atoms with Crippen LogP contribution in [-0.4, -0.2) is 5.91 Å². The molecule has 114 valence electrons. The molecule has 0 aliphatic heterocycles. The lowest BCUT2D eigenvalue weighted by atomic mass is 10.1. The SMILES string of the molecule is O=C(Nc1cccc(Br)c1)c1ccccc1Nc1ccccc1. The van der Waals surface area contributed by atoms with Crippen LogP contribution in [0.2, 0.25) is 0 Å². The highest BCUT2D eigenvalue weighted by molar-refractivity contribution is 9.10. The molecule has 3 aromatic carbocycles. The highest BCUT2D eigenvalue weighted by Crippen LogP contribution is 2.22. The Labute approximate surface area is 143 Å². The fourth-order valence-corrected chi connectivity index (χ4v) is 2.63. The van der Waals surface area contributed by atoms with Crippen molar-refractivity contribution < 1.29 is 4.79 Å². The molecule has 1 amide bonds. The van der Waals surface area contributed by atoms with Gasteiger partial charge in [0.25, 0.3) is 5.91 Å². The number of hydrogen-bond donors (Lipinski definition) is 2. The highest BCUT2D eigenvalue weighted by Gasteiger charge is 2.11. The molecule has 0 unspecified atom stereocenters. The highest BCUT2D eigenvalue weighted by atomic mass is 79.9. The molecule has 0 atom stereocenters. The molecule has 0 bridgehead atoms. The van der Waals surface area contributed by atoms with E-state index in [-0.39, 0.29) is 5.91 Å². The van der Waals surface area contributed by atoms with Gasteiger partial charge in [0, 0.05) is 15.8 Å². The molecule has 0 aromatic heterocycles. The number of nitrogens with one attached hydrogen (secondary N) is 2. The summed E-state index contributed by atoms with van der Waals surface area (Å²) in [6.07, 6.45) is 0. The van der Waals surface area contributed by atoms with Crippen molar-refractivity contribution in [2.45, 2.75) is 0 Å². The van der Waals surface area contributed by atoms with Gasteiger partial charge in [0.2, 0.25) is 0 Å². The van der Waals surface area contributed by atoms with E-state index in [9.17, 15) is 4.79 Å². The van der Waals surface area contributed by atoms with Crippen LogP contribution >= 0.6 is 15.9 Å². The molecule has 23 heavy (non-hydrogen) atoms. The van der Waals surface area contributed by atoms with Crippen LogP contribution in [0.25, 0.3) is 0 Å². The minimum atomic E-state index is -0.151. The van der Waals surface area contributed by atoms with E-state index in [4.69, 9.17) is 0 Å². The van der Waals surface area contributed by atoms with Crippen molar-refractivity contribution in [2.24, 2.45) is 0 Å². The van der Waals surface area contributed by atoms with Crippen molar-refractivity contribution in [1.82, 2.24) is 0 Å². The molecule has 3 nitrogen and oxygen atoms in total. The maximum absolute atomic E-state index is 12.6. The fourth-order valence-electron chi connectivity index (χ4n) is 2.23. The first kappa shape index (κ1) is 15.3. The van der Waals surface area contributed by atoms with E-state index < -0.39 is 0 Å². The lowest BCUT2D eigenvalue weighted by molar-refractivity contribution is 0.102. The summed E-state index contributed by atoms with van der Waals surface area (Å²) in [5, 5.41) is 6.20. The maximum Gasteiger partial charge on any atom is 0.257 e. The first-order valence-electron chi connectivity index (χ1n) is 7.20. The average Bonchev–Trinajstić information content (AvgIpc) is 2.56. The van der Waals surface area contributed by atoms with Crippen molar-refractivity contribution in [3.05, 3.63) is 88.9 Å². The summed E-state index contributed by atoms with van der Waals surface area (Å²) in [5.41, 5.74) is 3.05. The second-order valence-corrected chi connectivity index (χ2v) is 5.92. The minimum absolute atomic E-state index is 0.151. The summed E-state index contributed by atoms with van der Waals surface area (Å²) in [7, 11) is 0. The maximum atomic E-state index is 12.6. The summed E-state index contributed by atoms with van der Waals surface area (Å²) in [6.45, 7) is 0. The van der Waals surface area contributed by atoms with Crippen molar-refractivity contribution in [3.8, 4) is 0 Å². The normalized spacial score (nSPS) is 10.1. The predicted octanol–water partition coefficient (Wildman–Crippen LogP) is 5.45. The molecule has 4 heteroatoms. The van der Waals surface area contributed by atoms with E-state index in [1.807, 2.05) is 72.8 Å². The van der Waals surface area contributed by atoms with Gasteiger partial charge < -0.3 is 10.6 Å². The molecular formula is C19H15BrN2O. The first-order chi connectivity index (χ1) is 11.2. The second kappa shape index (κ2) is 7.11. The lowest BCUT2D eigenvalue weighted by Gasteiger charge is -2.12. The van der Waals surface area contributed by atoms with Gasteiger partial charge in [-0.3, -0.25) is 4.79 Å². The second-order valence-electron chi connectivity index (χ2n) is 5.00. The molecule has 0 spiro atoms. The van der Waals surface area contributed by atoms with E-state index in [0.717, 1.165) is 21.5 Å². The van der Waals surface area contributed by atoms with Crippen LogP contribution in [0.5, 0.6) is 0 Å². The minimum Gasteiger partial charge on any atom is -0.355 e. The third-order valence-corrected chi connectivity index (χ3v) is 3.80. The van der Waals surface area contributed by atoms with Gasteiger partial charge in [0.15, 0.2) is 0 Å². The van der Waals surface area contributed by atoms with Crippen molar-refractivity contribution in [1.29, 1.82) is 0 Å². The lowest BCUT2D eigenvalue weighted by Crippen LogP contribution is -2.13. The molecule has 0 saturated carbocycles. The molecule has 3 aromatic rings. The molecule has 0 saturated heterocycles. The van der Waals surface area contributed by atoms with Crippen LogP contribution < -0.4 is 10.6 Å². The van der Waals surface area contributed by atoms with Crippen LogP contribution in [0.15, 0.2) is 83.3 Å². The van der Waals surface area contributed by atoms with Crippen molar-refractivity contribution in [2.75, 3.05) is 10.6 Å². The van der Waals surface area contributed by atoms with Crippen molar-refractivity contribution in [3.63, 3.8) is 0 Å². The van der Waals surface area contributed by atoms with Gasteiger partial charge in [-0.2, -0.15) is 0 Å². The zero-order valence-corrected chi connectivity index (χ0v) is 13.9. The van der Waals surface area contributed by atoms with Crippen LogP contribution in [-0.2, 0) is 0 Å².